The lowest BCUT2D eigenvalue weighted by molar-refractivity contribution is -0.267. The number of Topliss-reactive ketones (excluding diaryl/α,β-unsaturated/α-hetero) is 2. The summed E-state index contributed by atoms with van der Waals surface area (Å²) in [6.07, 6.45) is 26.0. The van der Waals surface area contributed by atoms with Gasteiger partial charge >= 0.3 is 0 Å². The number of ether oxygens (including phenoxy) is 2. The number of allylic oxidation sites excluding steroid dienone is 1. The Hall–Kier alpha value is -3.84. The van der Waals surface area contributed by atoms with E-state index in [-0.39, 0.29) is 40.7 Å². The zero-order valence-corrected chi connectivity index (χ0v) is 51.5. The highest BCUT2D eigenvalue weighted by Gasteiger charge is 2.80. The molecule has 3 aliphatic heterocycles. The highest BCUT2D eigenvalue weighted by Crippen LogP contribution is 2.84. The molecule has 11 nitrogen and oxygen atoms in total. The summed E-state index contributed by atoms with van der Waals surface area (Å²) in [5.74, 6) is 0.585. The number of hydrogen-bond donors (Lipinski definition) is 6. The number of hydrogen-bond acceptors (Lipinski definition) is 8. The van der Waals surface area contributed by atoms with Gasteiger partial charge in [0, 0.05) is 78.8 Å². The number of H-pyrrole nitrogens is 2. The molecule has 15 unspecified atom stereocenters. The van der Waals surface area contributed by atoms with Gasteiger partial charge in [-0.25, -0.2) is 0 Å². The third-order valence-electron chi connectivity index (χ3n) is 27.4. The maximum Gasteiger partial charge on any atom is 0.160 e. The van der Waals surface area contributed by atoms with Gasteiger partial charge in [0.05, 0.1) is 52.6 Å². The van der Waals surface area contributed by atoms with Gasteiger partial charge in [0.1, 0.15) is 11.9 Å². The predicted octanol–water partition coefficient (Wildman–Crippen LogP) is 13.1. The predicted molar refractivity (Wildman–Crippen MR) is 323 cm³/mol. The number of nitrogens with zero attached hydrogens (tertiary/aromatic N) is 1. The van der Waals surface area contributed by atoms with Crippen LogP contribution in [0.15, 0.2) is 54.0 Å². The Kier molecular flexibility index (Phi) is 12.6. The van der Waals surface area contributed by atoms with Crippen LogP contribution in [0.2, 0.25) is 0 Å². The molecule has 2 bridgehead atoms. The molecule has 6 N–H and O–H groups in total. The average Bonchev–Trinajstić information content (AvgIpc) is 1.69. The van der Waals surface area contributed by atoms with Gasteiger partial charge in [-0.2, -0.15) is 0 Å². The van der Waals surface area contributed by atoms with E-state index in [4.69, 9.17) is 9.47 Å². The number of aliphatic hydroxyl groups is 3. The number of aliphatic hydroxyl groups excluding tert-OH is 2. The van der Waals surface area contributed by atoms with Gasteiger partial charge in [0.2, 0.25) is 0 Å². The van der Waals surface area contributed by atoms with Crippen molar-refractivity contribution in [1.29, 1.82) is 0 Å². The number of carbonyl (C=O) groups is 2. The van der Waals surface area contributed by atoms with E-state index in [1.807, 2.05) is 7.05 Å². The standard InChI is InChI=1S/C72H98N4O7/c1-64(2)63(83-64)52(78)36-65(3)23-17-45-38-75-58-47(32-42-31-46(43-15-11-9-12-16-43)34-48(33-42)72(81)27-30-82-70(41-72)21-13-10-14-22-70)39-76(59(45)58)40-50-54-56(65)51(77)37-68(54,6)67(5)24-19-53-66(4,26-29-73-8)62(80)55-49-20-28-74-57(49)44-18-25-71(55,35-44)69(53,7)61(67)60(50)79/h20,28,31,33-34,38-39,43-44,50,52-53,55,60-61,63,73-75,78-79,81H,9-19,21-27,29-30,32,35-37,40-41H2,1-8H3. The molecule has 8 fully saturated rings. The molecule has 15 rings (SSSR count). The molecule has 6 heterocycles. The molecular weight excluding hydrogens is 1030 g/mol. The number of aromatic amines is 2. The largest absolute Gasteiger partial charge is 0.392 e. The topological polar surface area (TPSA) is 165 Å². The molecule has 0 amide bonds. The smallest absolute Gasteiger partial charge is 0.160 e. The van der Waals surface area contributed by atoms with Crippen LogP contribution < -0.4 is 5.32 Å². The van der Waals surface area contributed by atoms with E-state index in [2.05, 4.69) is 111 Å². The second-order valence-electron chi connectivity index (χ2n) is 31.9. The fourth-order valence-electron chi connectivity index (χ4n) is 23.3. The summed E-state index contributed by atoms with van der Waals surface area (Å²) in [7, 11) is 2.01. The van der Waals surface area contributed by atoms with E-state index >= 15 is 9.59 Å². The van der Waals surface area contributed by atoms with Crippen LogP contribution in [-0.2, 0) is 44.1 Å². The lowest BCUT2D eigenvalue weighted by atomic mass is 9.28. The molecule has 2 saturated heterocycles. The summed E-state index contributed by atoms with van der Waals surface area (Å²) < 4.78 is 15.3. The van der Waals surface area contributed by atoms with Crippen LogP contribution in [0.1, 0.15) is 240 Å². The summed E-state index contributed by atoms with van der Waals surface area (Å²) >= 11 is 0. The number of fused-ring (bicyclic) bond motifs is 8. The second-order valence-corrected chi connectivity index (χ2v) is 31.9. The lowest BCUT2D eigenvalue weighted by Gasteiger charge is -2.76. The van der Waals surface area contributed by atoms with Crippen LogP contribution in [0.5, 0.6) is 0 Å². The highest BCUT2D eigenvalue weighted by molar-refractivity contribution is 6.02. The van der Waals surface area contributed by atoms with E-state index < -0.39 is 56.4 Å². The maximum absolute atomic E-state index is 16.0. The van der Waals surface area contributed by atoms with Crippen molar-refractivity contribution < 1.29 is 34.4 Å². The van der Waals surface area contributed by atoms with Crippen molar-refractivity contribution in [2.75, 3.05) is 20.2 Å². The number of nitrogens with one attached hydrogen (secondary N) is 3. The van der Waals surface area contributed by atoms with Gasteiger partial charge in [0.15, 0.2) is 5.78 Å². The fraction of sp³-hybridized carbons (Fsp3) is 0.722. The number of ketones is 2. The maximum atomic E-state index is 16.0. The van der Waals surface area contributed by atoms with Crippen molar-refractivity contribution in [1.82, 2.24) is 19.9 Å². The second kappa shape index (κ2) is 18.8. The van der Waals surface area contributed by atoms with Crippen molar-refractivity contribution in [3.05, 3.63) is 93.1 Å². The zero-order valence-electron chi connectivity index (χ0n) is 51.5. The van der Waals surface area contributed by atoms with Gasteiger partial charge < -0.3 is 44.6 Å². The monoisotopic (exact) mass is 1130 g/mol. The number of aryl methyl sites for hydroxylation is 1. The molecule has 4 aromatic rings. The minimum atomic E-state index is -0.958. The molecular formula is C72H98N4O7. The van der Waals surface area contributed by atoms with Crippen LogP contribution in [0, 0.1) is 50.2 Å². The molecule has 83 heavy (non-hydrogen) atoms. The quantitative estimate of drug-likeness (QED) is 0.0854. The zero-order chi connectivity index (χ0) is 57.6. The van der Waals surface area contributed by atoms with Crippen molar-refractivity contribution in [3.8, 4) is 0 Å². The van der Waals surface area contributed by atoms with Crippen LogP contribution in [0.25, 0.3) is 11.0 Å². The molecule has 1 aromatic carbocycles. The van der Waals surface area contributed by atoms with Crippen LogP contribution in [0.4, 0.5) is 0 Å². The van der Waals surface area contributed by atoms with Crippen molar-refractivity contribution in [2.45, 2.75) is 256 Å². The highest BCUT2D eigenvalue weighted by atomic mass is 16.6. The van der Waals surface area contributed by atoms with E-state index in [0.29, 0.717) is 69.3 Å². The molecule has 2 spiro atoms. The Morgan fingerprint density at radius 2 is 1.65 bits per heavy atom. The SMILES string of the molecule is CNCCC1(C)C(=O)C2c3cc[nH]c3C3CCC2(C3)C2(C)C1CCC1(C)C2C(O)C2Cn3cc(Cc4cc(C5CCCCC5)cc(C5(O)CCOC6(CCCCC6)C5)c4)c4[nH]cc(c43)CCC(C)(CC(O)C3OC3(C)C)C3=C2C1(C)CC3=O. The molecule has 15 atom stereocenters. The molecule has 11 heteroatoms. The third kappa shape index (κ3) is 7.73. The summed E-state index contributed by atoms with van der Waals surface area (Å²) in [4.78, 5) is 39.5. The van der Waals surface area contributed by atoms with Gasteiger partial charge in [0.25, 0.3) is 0 Å². The first-order chi connectivity index (χ1) is 39.6. The summed E-state index contributed by atoms with van der Waals surface area (Å²) in [6, 6.07) is 9.44. The lowest BCUT2D eigenvalue weighted by Crippen LogP contribution is -2.74. The van der Waals surface area contributed by atoms with E-state index in [1.165, 1.54) is 77.6 Å². The normalized spacial score (nSPS) is 41.8. The molecule has 6 saturated carbocycles. The molecule has 8 aliphatic carbocycles. The van der Waals surface area contributed by atoms with E-state index in [0.717, 1.165) is 99.4 Å². The van der Waals surface area contributed by atoms with Crippen LogP contribution in [0.3, 0.4) is 0 Å². The first-order valence-electron chi connectivity index (χ1n) is 33.4. The summed E-state index contributed by atoms with van der Waals surface area (Å²) in [6.45, 7) is 18.0. The Bertz CT molecular complexity index is 3310. The Morgan fingerprint density at radius 3 is 2.41 bits per heavy atom. The number of rotatable bonds is 10. The van der Waals surface area contributed by atoms with Gasteiger partial charge in [-0.1, -0.05) is 91.3 Å². The minimum absolute atomic E-state index is 0.0504. The number of carbonyl (C=O) groups excluding carboxylic acids is 2. The Labute approximate surface area is 493 Å². The van der Waals surface area contributed by atoms with Gasteiger partial charge in [-0.3, -0.25) is 9.59 Å². The molecule has 3 aromatic heterocycles. The van der Waals surface area contributed by atoms with Crippen molar-refractivity contribution in [3.63, 3.8) is 0 Å². The number of benzene rings is 1. The summed E-state index contributed by atoms with van der Waals surface area (Å²) in [5, 5.41) is 43.5. The minimum Gasteiger partial charge on any atom is -0.392 e. The first kappa shape index (κ1) is 55.7. The fourth-order valence-corrected chi connectivity index (χ4v) is 23.3. The summed E-state index contributed by atoms with van der Waals surface area (Å²) in [5.41, 5.74) is 8.01. The van der Waals surface area contributed by atoms with Gasteiger partial charge in [-0.05, 0) is 201 Å². The van der Waals surface area contributed by atoms with E-state index in [9.17, 15) is 15.3 Å². The molecule has 0 radical (unpaired) electrons. The van der Waals surface area contributed by atoms with Crippen molar-refractivity contribution >= 4 is 22.6 Å². The average molecular weight is 1130 g/mol. The van der Waals surface area contributed by atoms with Gasteiger partial charge in [-0.15, -0.1) is 0 Å². The van der Waals surface area contributed by atoms with E-state index in [1.54, 1.807) is 0 Å². The molecule has 448 valence electrons. The molecule has 11 aliphatic rings. The Morgan fingerprint density at radius 1 is 0.880 bits per heavy atom. The van der Waals surface area contributed by atoms with Crippen LogP contribution >= 0.6 is 0 Å². The van der Waals surface area contributed by atoms with Crippen molar-refractivity contribution in [2.24, 2.45) is 50.2 Å². The number of aromatic nitrogens is 3. The number of epoxide rings is 1. The Balaban J connectivity index is 0.892. The third-order valence-corrected chi connectivity index (χ3v) is 27.4. The first-order valence-corrected chi connectivity index (χ1v) is 33.4. The van der Waals surface area contributed by atoms with Crippen LogP contribution in [-0.4, -0.2) is 91.1 Å².